The number of rotatable bonds is 73. The number of phosphoric acid groups is 2. The second kappa shape index (κ2) is 66.3. The predicted octanol–water partition coefficient (Wildman–Crippen LogP) is 21.3. The molecule has 92 heavy (non-hydrogen) atoms. The molecule has 546 valence electrons. The van der Waals surface area contributed by atoms with Crippen LogP contribution in [0.1, 0.15) is 381 Å². The molecular weight excluding hydrogens is 1210 g/mol. The Morgan fingerprint density at radius 3 is 0.739 bits per heavy atom. The third-order valence-electron chi connectivity index (χ3n) is 17.0. The Morgan fingerprint density at radius 2 is 0.500 bits per heavy atom. The first-order valence-electron chi connectivity index (χ1n) is 38.1. The van der Waals surface area contributed by atoms with Gasteiger partial charge in [-0.3, -0.25) is 37.3 Å². The van der Waals surface area contributed by atoms with Crippen LogP contribution in [0.4, 0.5) is 0 Å². The SMILES string of the molecule is CCCCCCCCCCCCCCCCCCCCCC(=O)O[C@H](COC(=O)CCCCCCCCCCCCCCCC)COP(=O)(O)OC[C@@H](O)COP(=O)(O)OC[C@@H](COC(=O)CCCCCCCCCC)OC(=O)CCCCCCCCCCC(C)C. The van der Waals surface area contributed by atoms with Crippen LogP contribution in [0, 0.1) is 5.92 Å². The minimum atomic E-state index is -4.95. The number of carbonyl (C=O) groups excluding carboxylic acids is 4. The molecule has 17 nitrogen and oxygen atoms in total. The number of ether oxygens (including phenoxy) is 4. The van der Waals surface area contributed by atoms with Gasteiger partial charge in [-0.2, -0.15) is 0 Å². The van der Waals surface area contributed by atoms with E-state index in [9.17, 15) is 43.2 Å². The quantitative estimate of drug-likeness (QED) is 0.0222. The van der Waals surface area contributed by atoms with Crippen LogP contribution >= 0.6 is 15.6 Å². The van der Waals surface area contributed by atoms with Gasteiger partial charge in [0.15, 0.2) is 12.2 Å². The van der Waals surface area contributed by atoms with E-state index in [1.807, 2.05) is 0 Å². The van der Waals surface area contributed by atoms with Crippen LogP contribution in [0.5, 0.6) is 0 Å². The van der Waals surface area contributed by atoms with E-state index in [0.29, 0.717) is 25.7 Å². The topological polar surface area (TPSA) is 237 Å². The van der Waals surface area contributed by atoms with Crippen molar-refractivity contribution >= 4 is 39.5 Å². The van der Waals surface area contributed by atoms with E-state index in [4.69, 9.17) is 37.0 Å². The molecule has 0 aliphatic heterocycles. The summed E-state index contributed by atoms with van der Waals surface area (Å²) in [5.41, 5.74) is 0. The number of phosphoric ester groups is 2. The second-order valence-electron chi connectivity index (χ2n) is 26.8. The number of unbranched alkanes of at least 4 members (excludes halogenated alkanes) is 45. The molecular formula is C73H142O17P2. The average Bonchev–Trinajstić information content (AvgIpc) is 1.53. The molecule has 0 aromatic carbocycles. The van der Waals surface area contributed by atoms with Crippen molar-refractivity contribution in [3.8, 4) is 0 Å². The molecule has 0 aliphatic rings. The van der Waals surface area contributed by atoms with E-state index >= 15 is 0 Å². The van der Waals surface area contributed by atoms with Crippen LogP contribution in [0.25, 0.3) is 0 Å². The summed E-state index contributed by atoms with van der Waals surface area (Å²) >= 11 is 0. The maximum Gasteiger partial charge on any atom is 0.472 e. The van der Waals surface area contributed by atoms with Crippen molar-refractivity contribution in [3.05, 3.63) is 0 Å². The zero-order chi connectivity index (χ0) is 67.7. The minimum Gasteiger partial charge on any atom is -0.462 e. The first kappa shape index (κ1) is 90.1. The second-order valence-corrected chi connectivity index (χ2v) is 29.7. The molecule has 0 aliphatic carbocycles. The zero-order valence-electron chi connectivity index (χ0n) is 59.7. The van der Waals surface area contributed by atoms with Crippen molar-refractivity contribution < 1.29 is 80.2 Å². The first-order chi connectivity index (χ1) is 44.5. The van der Waals surface area contributed by atoms with Gasteiger partial charge in [-0.25, -0.2) is 9.13 Å². The molecule has 0 aromatic rings. The molecule has 0 saturated heterocycles. The molecule has 19 heteroatoms. The monoisotopic (exact) mass is 1350 g/mol. The van der Waals surface area contributed by atoms with Crippen LogP contribution in [0.2, 0.25) is 0 Å². The molecule has 0 spiro atoms. The highest BCUT2D eigenvalue weighted by Crippen LogP contribution is 2.45. The first-order valence-corrected chi connectivity index (χ1v) is 41.1. The molecule has 0 fully saturated rings. The van der Waals surface area contributed by atoms with E-state index in [1.165, 1.54) is 199 Å². The Balaban J connectivity index is 5.19. The lowest BCUT2D eigenvalue weighted by Gasteiger charge is -2.21. The van der Waals surface area contributed by atoms with Gasteiger partial charge in [0.1, 0.15) is 19.3 Å². The normalized spacial score (nSPS) is 14.0. The summed E-state index contributed by atoms with van der Waals surface area (Å²) in [6.45, 7) is 7.20. The van der Waals surface area contributed by atoms with Crippen molar-refractivity contribution in [3.63, 3.8) is 0 Å². The number of aliphatic hydroxyl groups excluding tert-OH is 1. The van der Waals surface area contributed by atoms with Crippen LogP contribution in [-0.4, -0.2) is 96.7 Å². The highest BCUT2D eigenvalue weighted by Gasteiger charge is 2.30. The Kier molecular flexibility index (Phi) is 64.9. The third-order valence-corrected chi connectivity index (χ3v) is 18.9. The van der Waals surface area contributed by atoms with E-state index in [1.54, 1.807) is 0 Å². The number of hydrogen-bond donors (Lipinski definition) is 3. The number of hydrogen-bond acceptors (Lipinski definition) is 15. The Bertz CT molecular complexity index is 1770. The standard InChI is InChI=1S/C73H142O17P2/c1-6-9-12-15-18-21-23-25-27-28-29-30-31-33-35-37-43-48-53-58-72(77)89-69(63-84-71(76)57-52-47-42-36-34-32-26-24-22-19-16-13-10-7-2)65-88-92(81,82)86-61-67(74)60-85-91(79,80)87-64-68(62-83-70(75)56-51-46-41-20-17-14-11-8-3)90-73(78)59-54-49-44-39-38-40-45-50-55-66(4)5/h66-69,74H,6-65H2,1-5H3,(H,79,80)(H,81,82)/t67-,68+,69+/m0/s1. The van der Waals surface area contributed by atoms with Crippen molar-refractivity contribution in [2.45, 2.75) is 400 Å². The lowest BCUT2D eigenvalue weighted by atomic mass is 10.0. The summed E-state index contributed by atoms with van der Waals surface area (Å²) < 4.78 is 68.3. The highest BCUT2D eigenvalue weighted by atomic mass is 31.2. The molecule has 0 radical (unpaired) electrons. The fraction of sp³-hybridized carbons (Fsp3) is 0.945. The summed E-state index contributed by atoms with van der Waals surface area (Å²) in [5.74, 6) is -1.40. The molecule has 0 aromatic heterocycles. The number of aliphatic hydroxyl groups is 1. The number of carbonyl (C=O) groups is 4. The van der Waals surface area contributed by atoms with Crippen LogP contribution < -0.4 is 0 Å². The average molecular weight is 1350 g/mol. The lowest BCUT2D eigenvalue weighted by Crippen LogP contribution is -2.30. The van der Waals surface area contributed by atoms with Crippen LogP contribution in [0.15, 0.2) is 0 Å². The predicted molar refractivity (Wildman–Crippen MR) is 372 cm³/mol. The summed E-state index contributed by atoms with van der Waals surface area (Å²) in [5, 5.41) is 10.6. The third kappa shape index (κ3) is 66.7. The Hall–Kier alpha value is -1.94. The summed E-state index contributed by atoms with van der Waals surface area (Å²) in [6, 6.07) is 0. The van der Waals surface area contributed by atoms with Gasteiger partial charge in [0, 0.05) is 25.7 Å². The molecule has 0 heterocycles. The van der Waals surface area contributed by atoms with Gasteiger partial charge in [0.2, 0.25) is 0 Å². The highest BCUT2D eigenvalue weighted by molar-refractivity contribution is 7.47. The molecule has 0 saturated carbocycles. The van der Waals surface area contributed by atoms with Crippen molar-refractivity contribution in [2.75, 3.05) is 39.6 Å². The van der Waals surface area contributed by atoms with Gasteiger partial charge in [-0.15, -0.1) is 0 Å². The summed E-state index contributed by atoms with van der Waals surface area (Å²) in [7, 11) is -9.90. The molecule has 5 atom stereocenters. The van der Waals surface area contributed by atoms with Crippen molar-refractivity contribution in [2.24, 2.45) is 5.92 Å². The van der Waals surface area contributed by atoms with Gasteiger partial charge in [-0.1, -0.05) is 330 Å². The van der Waals surface area contributed by atoms with Gasteiger partial charge < -0.3 is 33.8 Å². The molecule has 0 rings (SSSR count). The fourth-order valence-electron chi connectivity index (χ4n) is 11.2. The minimum absolute atomic E-state index is 0.105. The van der Waals surface area contributed by atoms with E-state index in [2.05, 4.69) is 34.6 Å². The maximum atomic E-state index is 13.1. The van der Waals surface area contributed by atoms with Crippen molar-refractivity contribution in [1.29, 1.82) is 0 Å². The van der Waals surface area contributed by atoms with Gasteiger partial charge in [-0.05, 0) is 31.6 Å². The lowest BCUT2D eigenvalue weighted by molar-refractivity contribution is -0.161. The molecule has 3 N–H and O–H groups in total. The van der Waals surface area contributed by atoms with Gasteiger partial charge in [0.05, 0.1) is 26.4 Å². The molecule has 0 bridgehead atoms. The smallest absolute Gasteiger partial charge is 0.462 e. The Labute approximate surface area is 562 Å². The van der Waals surface area contributed by atoms with Gasteiger partial charge >= 0.3 is 39.5 Å². The van der Waals surface area contributed by atoms with Crippen molar-refractivity contribution in [1.82, 2.24) is 0 Å². The summed E-state index contributed by atoms with van der Waals surface area (Å²) in [6.07, 6.45) is 54.2. The zero-order valence-corrected chi connectivity index (χ0v) is 61.5. The fourth-order valence-corrected chi connectivity index (χ4v) is 12.8. The molecule has 2 unspecified atom stereocenters. The van der Waals surface area contributed by atoms with E-state index < -0.39 is 97.5 Å². The van der Waals surface area contributed by atoms with E-state index in [0.717, 1.165) is 102 Å². The Morgan fingerprint density at radius 1 is 0.293 bits per heavy atom. The van der Waals surface area contributed by atoms with Crippen LogP contribution in [-0.2, 0) is 65.4 Å². The van der Waals surface area contributed by atoms with E-state index in [-0.39, 0.29) is 25.7 Å². The molecule has 0 amide bonds. The largest absolute Gasteiger partial charge is 0.472 e. The maximum absolute atomic E-state index is 13.1. The number of esters is 4. The van der Waals surface area contributed by atoms with Crippen LogP contribution in [0.3, 0.4) is 0 Å². The van der Waals surface area contributed by atoms with Gasteiger partial charge in [0.25, 0.3) is 0 Å². The summed E-state index contributed by atoms with van der Waals surface area (Å²) in [4.78, 5) is 72.6.